The largest absolute Gasteiger partial charge is 0.317 e. The molecule has 21 heavy (non-hydrogen) atoms. The van der Waals surface area contributed by atoms with Crippen LogP contribution in [0.25, 0.3) is 0 Å². The first-order valence-electron chi connectivity index (χ1n) is 9.24. The van der Waals surface area contributed by atoms with Crippen molar-refractivity contribution in [3.63, 3.8) is 0 Å². The molecule has 0 aromatic carbocycles. The first-order valence-corrected chi connectivity index (χ1v) is 9.24. The minimum Gasteiger partial charge on any atom is -0.317 e. The summed E-state index contributed by atoms with van der Waals surface area (Å²) in [6.07, 6.45) is 9.13. The molecule has 0 saturated carbocycles. The fraction of sp³-hybridized carbons (Fsp3) is 1.00. The van der Waals surface area contributed by atoms with Gasteiger partial charge in [-0.25, -0.2) is 0 Å². The van der Waals surface area contributed by atoms with Gasteiger partial charge in [0, 0.05) is 0 Å². The van der Waals surface area contributed by atoms with Crippen LogP contribution in [0.5, 0.6) is 0 Å². The second-order valence-corrected chi connectivity index (χ2v) is 5.68. The Hall–Kier alpha value is -0.160. The summed E-state index contributed by atoms with van der Waals surface area (Å²) in [6.45, 7) is 13.6. The van der Waals surface area contributed by atoms with E-state index in [-0.39, 0.29) is 0 Å². The van der Waals surface area contributed by atoms with E-state index < -0.39 is 0 Å². The third-order valence-corrected chi connectivity index (χ3v) is 3.62. The summed E-state index contributed by atoms with van der Waals surface area (Å²) in [5.74, 6) is 0. The summed E-state index contributed by atoms with van der Waals surface area (Å²) in [7, 11) is 0. The molecular formula is C17H40N4. The van der Waals surface area contributed by atoms with Gasteiger partial charge in [0.25, 0.3) is 0 Å². The maximum absolute atomic E-state index is 3.55. The van der Waals surface area contributed by atoms with Crippen molar-refractivity contribution in [3.8, 4) is 0 Å². The van der Waals surface area contributed by atoms with Gasteiger partial charge in [-0.15, -0.1) is 0 Å². The normalized spacial score (nSPS) is 11.1. The van der Waals surface area contributed by atoms with E-state index in [4.69, 9.17) is 0 Å². The highest BCUT2D eigenvalue weighted by molar-refractivity contribution is 4.54. The second-order valence-electron chi connectivity index (χ2n) is 5.68. The molecular weight excluding hydrogens is 260 g/mol. The average Bonchev–Trinajstić information content (AvgIpc) is 2.50. The van der Waals surface area contributed by atoms with Gasteiger partial charge >= 0.3 is 0 Å². The van der Waals surface area contributed by atoms with Crippen molar-refractivity contribution in [2.75, 3.05) is 52.4 Å². The van der Waals surface area contributed by atoms with E-state index in [0.29, 0.717) is 0 Å². The Balaban J connectivity index is 2.90. The van der Waals surface area contributed by atoms with E-state index in [1.807, 2.05) is 0 Å². The van der Waals surface area contributed by atoms with E-state index in [1.165, 1.54) is 77.7 Å². The Morgan fingerprint density at radius 3 is 1.00 bits per heavy atom. The fourth-order valence-corrected chi connectivity index (χ4v) is 2.28. The van der Waals surface area contributed by atoms with E-state index in [2.05, 4.69) is 35.1 Å². The molecule has 0 fully saturated rings. The number of nitrogens with one attached hydrogen (secondary N) is 4. The highest BCUT2D eigenvalue weighted by Crippen LogP contribution is 1.93. The predicted molar refractivity (Wildman–Crippen MR) is 95.1 cm³/mol. The molecule has 0 aliphatic rings. The van der Waals surface area contributed by atoms with Gasteiger partial charge in [-0.05, 0) is 90.9 Å². The van der Waals surface area contributed by atoms with Crippen LogP contribution in [0.15, 0.2) is 0 Å². The van der Waals surface area contributed by atoms with Gasteiger partial charge in [0.1, 0.15) is 0 Å². The van der Waals surface area contributed by atoms with Crippen molar-refractivity contribution in [1.29, 1.82) is 0 Å². The number of hydrogen-bond acceptors (Lipinski definition) is 4. The lowest BCUT2D eigenvalue weighted by atomic mass is 10.2. The third kappa shape index (κ3) is 19.8. The Morgan fingerprint density at radius 1 is 0.381 bits per heavy atom. The lowest BCUT2D eigenvalue weighted by molar-refractivity contribution is 0.542. The zero-order valence-electron chi connectivity index (χ0n) is 14.6. The SMILES string of the molecule is CCNCCCCCNCCCCNCCCCNCC. The standard InChI is InChI=1S/C17H40N4/c1-3-18-12-6-5-7-14-20-16-10-11-17-21-15-9-8-13-19-4-2/h18-21H,3-17H2,1-2H3. The van der Waals surface area contributed by atoms with E-state index in [0.717, 1.165) is 19.6 Å². The van der Waals surface area contributed by atoms with Gasteiger partial charge in [-0.3, -0.25) is 0 Å². The molecule has 0 unspecified atom stereocenters. The molecule has 0 rings (SSSR count). The molecule has 0 atom stereocenters. The number of hydrogen-bond donors (Lipinski definition) is 4. The van der Waals surface area contributed by atoms with E-state index >= 15 is 0 Å². The summed E-state index contributed by atoms with van der Waals surface area (Å²) in [5.41, 5.74) is 0. The summed E-state index contributed by atoms with van der Waals surface area (Å²) >= 11 is 0. The third-order valence-electron chi connectivity index (χ3n) is 3.62. The predicted octanol–water partition coefficient (Wildman–Crippen LogP) is 2.12. The summed E-state index contributed by atoms with van der Waals surface area (Å²) in [5, 5.41) is 13.8. The Morgan fingerprint density at radius 2 is 0.667 bits per heavy atom. The van der Waals surface area contributed by atoms with Crippen molar-refractivity contribution < 1.29 is 0 Å². The fourth-order valence-electron chi connectivity index (χ4n) is 2.28. The van der Waals surface area contributed by atoms with E-state index in [9.17, 15) is 0 Å². The van der Waals surface area contributed by atoms with Crippen LogP contribution in [-0.2, 0) is 0 Å². The molecule has 0 aromatic rings. The molecule has 128 valence electrons. The van der Waals surface area contributed by atoms with Crippen LogP contribution >= 0.6 is 0 Å². The molecule has 4 nitrogen and oxygen atoms in total. The summed E-state index contributed by atoms with van der Waals surface area (Å²) < 4.78 is 0. The van der Waals surface area contributed by atoms with Crippen LogP contribution in [0, 0.1) is 0 Å². The highest BCUT2D eigenvalue weighted by atomic mass is 14.9. The molecule has 0 amide bonds. The molecule has 0 aliphatic heterocycles. The molecule has 0 bridgehead atoms. The molecule has 0 saturated heterocycles. The molecule has 0 heterocycles. The van der Waals surface area contributed by atoms with Crippen molar-refractivity contribution in [3.05, 3.63) is 0 Å². The highest BCUT2D eigenvalue weighted by Gasteiger charge is 1.92. The van der Waals surface area contributed by atoms with Crippen LogP contribution in [-0.4, -0.2) is 52.4 Å². The van der Waals surface area contributed by atoms with Crippen molar-refractivity contribution in [2.24, 2.45) is 0 Å². The summed E-state index contributed by atoms with van der Waals surface area (Å²) in [4.78, 5) is 0. The van der Waals surface area contributed by atoms with Crippen LogP contribution in [0.3, 0.4) is 0 Å². The monoisotopic (exact) mass is 300 g/mol. The Kier molecular flexibility index (Phi) is 19.7. The van der Waals surface area contributed by atoms with Crippen LogP contribution in [0.2, 0.25) is 0 Å². The first-order chi connectivity index (χ1) is 10.4. The van der Waals surface area contributed by atoms with E-state index in [1.54, 1.807) is 0 Å². The van der Waals surface area contributed by atoms with Crippen molar-refractivity contribution >= 4 is 0 Å². The van der Waals surface area contributed by atoms with Gasteiger partial charge in [-0.1, -0.05) is 20.3 Å². The maximum Gasteiger partial charge on any atom is -0.00484 e. The zero-order valence-corrected chi connectivity index (χ0v) is 14.6. The number of unbranched alkanes of at least 4 members (excludes halogenated alkanes) is 4. The van der Waals surface area contributed by atoms with Crippen LogP contribution in [0.1, 0.15) is 58.8 Å². The van der Waals surface area contributed by atoms with Crippen molar-refractivity contribution in [1.82, 2.24) is 21.3 Å². The minimum absolute atomic E-state index is 1.09. The lowest BCUT2D eigenvalue weighted by Gasteiger charge is -2.07. The van der Waals surface area contributed by atoms with Crippen LogP contribution in [0.4, 0.5) is 0 Å². The first kappa shape index (κ1) is 20.8. The second kappa shape index (κ2) is 19.8. The summed E-state index contributed by atoms with van der Waals surface area (Å²) in [6, 6.07) is 0. The van der Waals surface area contributed by atoms with Gasteiger partial charge in [0.2, 0.25) is 0 Å². The molecule has 0 aromatic heterocycles. The van der Waals surface area contributed by atoms with Gasteiger partial charge < -0.3 is 21.3 Å². The Labute approximate surface area is 133 Å². The Bertz CT molecular complexity index is 158. The minimum atomic E-state index is 1.09. The zero-order chi connectivity index (χ0) is 15.4. The van der Waals surface area contributed by atoms with Crippen molar-refractivity contribution in [2.45, 2.75) is 58.8 Å². The molecule has 0 spiro atoms. The van der Waals surface area contributed by atoms with Gasteiger partial charge in [0.15, 0.2) is 0 Å². The topological polar surface area (TPSA) is 48.1 Å². The lowest BCUT2D eigenvalue weighted by Crippen LogP contribution is -2.21. The molecule has 0 aliphatic carbocycles. The van der Waals surface area contributed by atoms with Crippen LogP contribution < -0.4 is 21.3 Å². The molecule has 0 radical (unpaired) electrons. The number of rotatable bonds is 18. The average molecular weight is 301 g/mol. The smallest absolute Gasteiger partial charge is 0.00484 e. The maximum atomic E-state index is 3.55. The molecule has 4 heteroatoms. The van der Waals surface area contributed by atoms with Gasteiger partial charge in [0.05, 0.1) is 0 Å². The van der Waals surface area contributed by atoms with Gasteiger partial charge in [-0.2, -0.15) is 0 Å². The quantitative estimate of drug-likeness (QED) is 0.293. The molecule has 4 N–H and O–H groups in total.